The zero-order valence-corrected chi connectivity index (χ0v) is 15.6. The van der Waals surface area contributed by atoms with Gasteiger partial charge in [-0.2, -0.15) is 5.26 Å². The van der Waals surface area contributed by atoms with Crippen LogP contribution < -0.4 is 9.64 Å². The van der Waals surface area contributed by atoms with Gasteiger partial charge in [0.25, 0.3) is 5.91 Å². The minimum absolute atomic E-state index is 0.0778. The molecule has 0 radical (unpaired) electrons. The molecule has 0 fully saturated rings. The summed E-state index contributed by atoms with van der Waals surface area (Å²) in [7, 11) is 0. The average molecular weight is 366 g/mol. The molecule has 0 saturated carbocycles. The number of para-hydroxylation sites is 1. The topological polar surface area (TPSA) is 79.6 Å². The molecule has 0 heterocycles. The van der Waals surface area contributed by atoms with Crippen LogP contribution >= 0.6 is 0 Å². The maximum Gasteiger partial charge on any atom is 0.347 e. The molecule has 0 aliphatic carbocycles. The van der Waals surface area contributed by atoms with Crippen LogP contribution in [0.5, 0.6) is 5.75 Å². The number of rotatable bonds is 7. The fraction of sp³-hybridized carbons (Fsp3) is 0.286. The Bertz CT molecular complexity index is 810. The monoisotopic (exact) mass is 366 g/mol. The molecule has 6 nitrogen and oxygen atoms in total. The summed E-state index contributed by atoms with van der Waals surface area (Å²) in [5.74, 6) is -0.502. The molecule has 2 aromatic rings. The molecule has 0 aliphatic heterocycles. The van der Waals surface area contributed by atoms with E-state index in [-0.39, 0.29) is 18.6 Å². The third-order valence-corrected chi connectivity index (χ3v) is 3.79. The van der Waals surface area contributed by atoms with E-state index >= 15 is 0 Å². The Kier molecular flexibility index (Phi) is 6.95. The van der Waals surface area contributed by atoms with Crippen molar-refractivity contribution in [2.24, 2.45) is 0 Å². The summed E-state index contributed by atoms with van der Waals surface area (Å²) < 4.78 is 10.6. The summed E-state index contributed by atoms with van der Waals surface area (Å²) in [5, 5.41) is 8.79. The number of carbonyl (C=O) groups excluding carboxylic acids is 2. The van der Waals surface area contributed by atoms with Gasteiger partial charge in [-0.25, -0.2) is 4.79 Å². The maximum atomic E-state index is 12.5. The number of nitrogens with zero attached hydrogens (tertiary/aromatic N) is 2. The second-order valence-corrected chi connectivity index (χ2v) is 6.20. The summed E-state index contributed by atoms with van der Waals surface area (Å²) in [5.41, 5.74) is 1.24. The first-order valence-electron chi connectivity index (χ1n) is 8.63. The van der Waals surface area contributed by atoms with Gasteiger partial charge < -0.3 is 14.4 Å². The van der Waals surface area contributed by atoms with Crippen molar-refractivity contribution in [3.8, 4) is 11.8 Å². The molecular weight excluding hydrogens is 344 g/mol. The summed E-state index contributed by atoms with van der Waals surface area (Å²) in [6.07, 6.45) is -0.880. The first-order chi connectivity index (χ1) is 12.9. The first-order valence-corrected chi connectivity index (χ1v) is 8.63. The number of hydrogen-bond acceptors (Lipinski definition) is 5. The van der Waals surface area contributed by atoms with E-state index in [2.05, 4.69) is 0 Å². The van der Waals surface area contributed by atoms with Gasteiger partial charge in [-0.15, -0.1) is 0 Å². The number of hydrogen-bond donors (Lipinski definition) is 0. The van der Waals surface area contributed by atoms with Crippen LogP contribution in [0.2, 0.25) is 0 Å². The average Bonchev–Trinajstić information content (AvgIpc) is 2.67. The molecule has 0 bridgehead atoms. The van der Waals surface area contributed by atoms with E-state index in [1.54, 1.807) is 36.1 Å². The van der Waals surface area contributed by atoms with Crippen molar-refractivity contribution in [2.45, 2.75) is 32.9 Å². The first kappa shape index (κ1) is 20.0. The normalized spacial score (nSPS) is 11.4. The van der Waals surface area contributed by atoms with Crippen molar-refractivity contribution >= 4 is 17.6 Å². The molecule has 140 valence electrons. The zero-order valence-electron chi connectivity index (χ0n) is 15.6. The van der Waals surface area contributed by atoms with E-state index < -0.39 is 12.1 Å². The molecule has 6 heteroatoms. The summed E-state index contributed by atoms with van der Waals surface area (Å²) in [6, 6.07) is 17.5. The second kappa shape index (κ2) is 9.39. The zero-order chi connectivity index (χ0) is 19.8. The number of amides is 1. The van der Waals surface area contributed by atoms with Crippen molar-refractivity contribution in [3.63, 3.8) is 0 Å². The third kappa shape index (κ3) is 5.58. The Morgan fingerprint density at radius 2 is 1.67 bits per heavy atom. The van der Waals surface area contributed by atoms with Crippen molar-refractivity contribution in [3.05, 3.63) is 60.2 Å². The summed E-state index contributed by atoms with van der Waals surface area (Å²) >= 11 is 0. The smallest absolute Gasteiger partial charge is 0.347 e. The van der Waals surface area contributed by atoms with Crippen LogP contribution in [-0.2, 0) is 14.3 Å². The number of nitriles is 1. The van der Waals surface area contributed by atoms with Crippen LogP contribution in [0.15, 0.2) is 54.6 Å². The third-order valence-electron chi connectivity index (χ3n) is 3.79. The molecule has 1 amide bonds. The van der Waals surface area contributed by atoms with Crippen molar-refractivity contribution in [1.29, 1.82) is 5.26 Å². The molecular formula is C21H22N2O4. The Hall–Kier alpha value is -3.33. The number of ether oxygens (including phenoxy) is 2. The SMILES string of the molecule is CC(Oc1ccc(C#N)cc1)C(=O)OCC(=O)N(c1ccccc1)C(C)C. The van der Waals surface area contributed by atoms with Crippen LogP contribution in [0.1, 0.15) is 26.3 Å². The Labute approximate surface area is 158 Å². The molecule has 2 rings (SSSR count). The van der Waals surface area contributed by atoms with Gasteiger partial charge in [0.15, 0.2) is 12.7 Å². The molecule has 2 aromatic carbocycles. The predicted molar refractivity (Wildman–Crippen MR) is 101 cm³/mol. The standard InChI is InChI=1S/C21H22N2O4/c1-15(2)23(18-7-5-4-6-8-18)20(24)14-26-21(25)16(3)27-19-11-9-17(13-22)10-12-19/h4-12,15-16H,14H2,1-3H3. The van der Waals surface area contributed by atoms with E-state index in [9.17, 15) is 9.59 Å². The number of benzene rings is 2. The molecule has 1 unspecified atom stereocenters. The predicted octanol–water partition coefficient (Wildman–Crippen LogP) is 3.31. The van der Waals surface area contributed by atoms with Crippen molar-refractivity contribution in [1.82, 2.24) is 0 Å². The van der Waals surface area contributed by atoms with Crippen molar-refractivity contribution < 1.29 is 19.1 Å². The highest BCUT2D eigenvalue weighted by Crippen LogP contribution is 2.17. The van der Waals surface area contributed by atoms with Gasteiger partial charge in [-0.3, -0.25) is 4.79 Å². The van der Waals surface area contributed by atoms with Crippen LogP contribution in [0.4, 0.5) is 5.69 Å². The molecule has 0 aromatic heterocycles. The molecule has 0 N–H and O–H groups in total. The van der Waals surface area contributed by atoms with Gasteiger partial charge in [-0.05, 0) is 57.2 Å². The Morgan fingerprint density at radius 1 is 1.04 bits per heavy atom. The van der Waals surface area contributed by atoms with E-state index in [0.29, 0.717) is 11.3 Å². The van der Waals surface area contributed by atoms with E-state index in [4.69, 9.17) is 14.7 Å². The highest BCUT2D eigenvalue weighted by Gasteiger charge is 2.23. The molecule has 0 spiro atoms. The lowest BCUT2D eigenvalue weighted by Gasteiger charge is -2.26. The van der Waals surface area contributed by atoms with Crippen LogP contribution in [-0.4, -0.2) is 30.6 Å². The lowest BCUT2D eigenvalue weighted by Crippen LogP contribution is -2.40. The molecule has 27 heavy (non-hydrogen) atoms. The summed E-state index contributed by atoms with van der Waals surface area (Å²) in [6.45, 7) is 4.96. The van der Waals surface area contributed by atoms with Crippen LogP contribution in [0.3, 0.4) is 0 Å². The highest BCUT2D eigenvalue weighted by atomic mass is 16.6. The minimum Gasteiger partial charge on any atom is -0.479 e. The quantitative estimate of drug-likeness (QED) is 0.703. The fourth-order valence-electron chi connectivity index (χ4n) is 2.50. The number of carbonyl (C=O) groups is 2. The van der Waals surface area contributed by atoms with E-state index in [0.717, 1.165) is 5.69 Å². The van der Waals surface area contributed by atoms with Crippen LogP contribution in [0, 0.1) is 11.3 Å². The second-order valence-electron chi connectivity index (χ2n) is 6.20. The Morgan fingerprint density at radius 3 is 2.22 bits per heavy atom. The van der Waals surface area contributed by atoms with Gasteiger partial charge in [0.1, 0.15) is 5.75 Å². The maximum absolute atomic E-state index is 12.5. The molecule has 0 saturated heterocycles. The minimum atomic E-state index is -0.880. The molecule has 1 atom stereocenters. The Balaban J connectivity index is 1.92. The van der Waals surface area contributed by atoms with Crippen molar-refractivity contribution in [2.75, 3.05) is 11.5 Å². The van der Waals surface area contributed by atoms with E-state index in [1.165, 1.54) is 0 Å². The fourth-order valence-corrected chi connectivity index (χ4v) is 2.50. The van der Waals surface area contributed by atoms with Gasteiger partial charge >= 0.3 is 5.97 Å². The lowest BCUT2D eigenvalue weighted by atomic mass is 10.2. The van der Waals surface area contributed by atoms with Gasteiger partial charge in [-0.1, -0.05) is 18.2 Å². The number of esters is 1. The van der Waals surface area contributed by atoms with Gasteiger partial charge in [0, 0.05) is 11.7 Å². The van der Waals surface area contributed by atoms with Gasteiger partial charge in [0.05, 0.1) is 11.6 Å². The summed E-state index contributed by atoms with van der Waals surface area (Å²) in [4.78, 5) is 26.2. The van der Waals surface area contributed by atoms with E-state index in [1.807, 2.05) is 50.2 Å². The largest absolute Gasteiger partial charge is 0.479 e. The van der Waals surface area contributed by atoms with Gasteiger partial charge in [0.2, 0.25) is 0 Å². The molecule has 0 aliphatic rings. The number of anilines is 1. The van der Waals surface area contributed by atoms with Crippen LogP contribution in [0.25, 0.3) is 0 Å². The lowest BCUT2D eigenvalue weighted by molar-refractivity contribution is -0.154. The highest BCUT2D eigenvalue weighted by molar-refractivity contribution is 5.95.